The monoisotopic (exact) mass is 469 g/mol. The number of carbonyl (C=O) groups excluding carboxylic acids is 1. The predicted molar refractivity (Wildman–Crippen MR) is 134 cm³/mol. The summed E-state index contributed by atoms with van der Waals surface area (Å²) in [6.07, 6.45) is 6.09. The normalized spacial score (nSPS) is 19.7. The number of nitrogens with zero attached hydrogens (tertiary/aromatic N) is 6. The van der Waals surface area contributed by atoms with Crippen LogP contribution >= 0.6 is 11.8 Å². The highest BCUT2D eigenvalue weighted by molar-refractivity contribution is 7.99. The van der Waals surface area contributed by atoms with E-state index in [1.165, 1.54) is 49.6 Å². The van der Waals surface area contributed by atoms with E-state index in [-0.39, 0.29) is 5.91 Å². The van der Waals surface area contributed by atoms with Crippen LogP contribution in [0.3, 0.4) is 0 Å². The first-order valence-electron chi connectivity index (χ1n) is 12.4. The Kier molecular flexibility index (Phi) is 7.06. The van der Waals surface area contributed by atoms with Crippen molar-refractivity contribution in [1.82, 2.24) is 19.7 Å². The average molecular weight is 470 g/mol. The largest absolute Gasteiger partial charge is 0.369 e. The highest BCUT2D eigenvalue weighted by Gasteiger charge is 2.32. The fourth-order valence-corrected chi connectivity index (χ4v) is 5.54. The van der Waals surface area contributed by atoms with E-state index in [1.807, 2.05) is 12.1 Å². The Morgan fingerprint density at radius 3 is 2.36 bits per heavy atom. The minimum atomic E-state index is -0.00539. The van der Waals surface area contributed by atoms with Crippen molar-refractivity contribution in [3.8, 4) is 0 Å². The molecule has 1 aromatic carbocycles. The smallest absolute Gasteiger partial charge is 0.234 e. The highest BCUT2D eigenvalue weighted by atomic mass is 32.2. The van der Waals surface area contributed by atoms with Gasteiger partial charge in [0.1, 0.15) is 0 Å². The zero-order valence-electron chi connectivity index (χ0n) is 19.6. The molecule has 2 aromatic rings. The molecule has 5 rings (SSSR count). The molecule has 0 unspecified atom stereocenters. The van der Waals surface area contributed by atoms with Crippen molar-refractivity contribution in [1.29, 1.82) is 0 Å². The molecule has 0 radical (unpaired) electrons. The second-order valence-corrected chi connectivity index (χ2v) is 10.2. The second-order valence-electron chi connectivity index (χ2n) is 9.24. The van der Waals surface area contributed by atoms with Gasteiger partial charge in [-0.2, -0.15) is 0 Å². The van der Waals surface area contributed by atoms with Crippen LogP contribution in [0.1, 0.15) is 45.1 Å². The van der Waals surface area contributed by atoms with E-state index in [2.05, 4.69) is 53.8 Å². The summed E-state index contributed by atoms with van der Waals surface area (Å²) in [5.74, 6) is 1.33. The number of rotatable bonds is 8. The lowest BCUT2D eigenvalue weighted by atomic mass is 10.1. The number of thioether (sulfide) groups is 1. The van der Waals surface area contributed by atoms with Crippen LogP contribution in [0.2, 0.25) is 0 Å². The molecule has 2 saturated heterocycles. The van der Waals surface area contributed by atoms with Crippen molar-refractivity contribution in [3.05, 3.63) is 24.3 Å². The van der Waals surface area contributed by atoms with Crippen molar-refractivity contribution in [2.45, 2.75) is 50.2 Å². The third-order valence-electron chi connectivity index (χ3n) is 6.87. The average Bonchev–Trinajstić information content (AvgIpc) is 3.62. The van der Waals surface area contributed by atoms with Crippen molar-refractivity contribution in [2.75, 3.05) is 66.7 Å². The van der Waals surface area contributed by atoms with E-state index >= 15 is 0 Å². The number of benzene rings is 1. The van der Waals surface area contributed by atoms with Gasteiger partial charge in [-0.1, -0.05) is 18.7 Å². The predicted octanol–water partition coefficient (Wildman–Crippen LogP) is 3.48. The summed E-state index contributed by atoms with van der Waals surface area (Å²) < 4.78 is 2.27. The molecule has 2 aliphatic heterocycles. The lowest BCUT2D eigenvalue weighted by Crippen LogP contribution is -2.46. The molecule has 1 aromatic heterocycles. The third kappa shape index (κ3) is 5.46. The molecule has 33 heavy (non-hydrogen) atoms. The zero-order valence-corrected chi connectivity index (χ0v) is 20.4. The van der Waals surface area contributed by atoms with Crippen LogP contribution in [-0.2, 0) is 4.79 Å². The van der Waals surface area contributed by atoms with Crippen LogP contribution in [0.4, 0.5) is 17.3 Å². The summed E-state index contributed by atoms with van der Waals surface area (Å²) >= 11 is 1.49. The summed E-state index contributed by atoms with van der Waals surface area (Å²) in [6.45, 7) is 9.77. The van der Waals surface area contributed by atoms with Crippen LogP contribution in [0.25, 0.3) is 0 Å². The van der Waals surface area contributed by atoms with Gasteiger partial charge in [-0.05, 0) is 62.9 Å². The van der Waals surface area contributed by atoms with E-state index in [9.17, 15) is 4.79 Å². The van der Waals surface area contributed by atoms with Gasteiger partial charge in [0.05, 0.1) is 5.75 Å². The highest BCUT2D eigenvalue weighted by Crippen LogP contribution is 2.41. The van der Waals surface area contributed by atoms with Gasteiger partial charge < -0.3 is 20.0 Å². The van der Waals surface area contributed by atoms with Gasteiger partial charge in [0.15, 0.2) is 5.16 Å². The quantitative estimate of drug-likeness (QED) is 0.594. The maximum absolute atomic E-state index is 12.6. The first kappa shape index (κ1) is 22.5. The Hall–Kier alpha value is -2.26. The minimum absolute atomic E-state index is 0.00539. The summed E-state index contributed by atoms with van der Waals surface area (Å²) in [5, 5.41) is 12.9. The maximum Gasteiger partial charge on any atom is 0.234 e. The molecule has 3 heterocycles. The number of piperidine rings is 1. The number of aromatic nitrogens is 3. The van der Waals surface area contributed by atoms with E-state index in [4.69, 9.17) is 0 Å². The number of hydrogen-bond acceptors (Lipinski definition) is 7. The summed E-state index contributed by atoms with van der Waals surface area (Å²) in [5.41, 5.74) is 2.06. The molecule has 0 bridgehead atoms. The summed E-state index contributed by atoms with van der Waals surface area (Å²) in [6, 6.07) is 8.73. The van der Waals surface area contributed by atoms with Crippen molar-refractivity contribution >= 4 is 35.0 Å². The number of anilines is 3. The number of likely N-dealkylation sites (N-methyl/N-ethyl adjacent to an activating group) is 1. The van der Waals surface area contributed by atoms with Crippen LogP contribution in [0.15, 0.2) is 29.4 Å². The third-order valence-corrected chi connectivity index (χ3v) is 7.81. The second kappa shape index (κ2) is 10.3. The van der Waals surface area contributed by atoms with Gasteiger partial charge in [-0.3, -0.25) is 9.36 Å². The fraction of sp³-hybridized carbons (Fsp3) is 0.625. The number of carbonyl (C=O) groups is 1. The molecule has 1 aliphatic carbocycles. The van der Waals surface area contributed by atoms with Gasteiger partial charge >= 0.3 is 0 Å². The first-order valence-corrected chi connectivity index (χ1v) is 13.4. The van der Waals surface area contributed by atoms with E-state index in [1.54, 1.807) is 0 Å². The van der Waals surface area contributed by atoms with Crippen LogP contribution in [0, 0.1) is 0 Å². The van der Waals surface area contributed by atoms with Crippen LogP contribution in [0.5, 0.6) is 0 Å². The molecular formula is C24H35N7OS. The van der Waals surface area contributed by atoms with Crippen molar-refractivity contribution in [3.63, 3.8) is 0 Å². The summed E-state index contributed by atoms with van der Waals surface area (Å²) in [4.78, 5) is 19.9. The Bertz CT molecular complexity index is 929. The van der Waals surface area contributed by atoms with Crippen molar-refractivity contribution < 1.29 is 4.79 Å². The van der Waals surface area contributed by atoms with Gasteiger partial charge in [-0.15, -0.1) is 10.2 Å². The molecule has 178 valence electrons. The topological polar surface area (TPSA) is 69.5 Å². The fourth-order valence-electron chi connectivity index (χ4n) is 4.73. The molecule has 0 atom stereocenters. The molecule has 1 amide bonds. The lowest BCUT2D eigenvalue weighted by Gasteiger charge is -2.35. The van der Waals surface area contributed by atoms with Gasteiger partial charge in [0.25, 0.3) is 0 Å². The van der Waals surface area contributed by atoms with E-state index < -0.39 is 0 Å². The Morgan fingerprint density at radius 1 is 0.970 bits per heavy atom. The molecular weight excluding hydrogens is 434 g/mol. The zero-order chi connectivity index (χ0) is 22.6. The molecule has 1 saturated carbocycles. The first-order chi connectivity index (χ1) is 16.2. The van der Waals surface area contributed by atoms with Crippen LogP contribution < -0.4 is 15.1 Å². The van der Waals surface area contributed by atoms with Gasteiger partial charge in [0.2, 0.25) is 11.9 Å². The van der Waals surface area contributed by atoms with Gasteiger partial charge in [-0.25, -0.2) is 0 Å². The standard InChI is InChI=1S/C24H35N7OS/c1-2-28-14-16-29(17-15-28)20-8-6-19(7-9-20)25-22(32)18-33-24-27-26-23(31(24)21-10-11-21)30-12-4-3-5-13-30/h6-9,21H,2-5,10-18H2,1H3,(H,25,32). The molecule has 1 N–H and O–H groups in total. The molecule has 0 spiro atoms. The van der Waals surface area contributed by atoms with E-state index in [0.717, 1.165) is 62.6 Å². The Morgan fingerprint density at radius 2 is 1.70 bits per heavy atom. The molecule has 3 fully saturated rings. The number of amides is 1. The van der Waals surface area contributed by atoms with E-state index in [0.29, 0.717) is 11.8 Å². The van der Waals surface area contributed by atoms with Crippen molar-refractivity contribution in [2.24, 2.45) is 0 Å². The Balaban J connectivity index is 1.15. The number of hydrogen-bond donors (Lipinski definition) is 1. The maximum atomic E-state index is 12.6. The molecule has 3 aliphatic rings. The molecule has 9 heteroatoms. The number of piperazine rings is 1. The molecule has 8 nitrogen and oxygen atoms in total. The summed E-state index contributed by atoms with van der Waals surface area (Å²) in [7, 11) is 0. The lowest BCUT2D eigenvalue weighted by molar-refractivity contribution is -0.113. The van der Waals surface area contributed by atoms with Gasteiger partial charge in [0, 0.05) is 56.7 Å². The SMILES string of the molecule is CCN1CCN(c2ccc(NC(=O)CSc3nnc(N4CCCCC4)n3C3CC3)cc2)CC1. The Labute approximate surface area is 200 Å². The number of nitrogens with one attached hydrogen (secondary N) is 1. The van der Waals surface area contributed by atoms with Crippen LogP contribution in [-0.4, -0.2) is 77.1 Å². The minimum Gasteiger partial charge on any atom is -0.369 e.